The third-order valence-corrected chi connectivity index (χ3v) is 6.12. The van der Waals surface area contributed by atoms with Gasteiger partial charge in [0, 0.05) is 6.54 Å². The molecule has 0 saturated carbocycles. The lowest BCUT2D eigenvalue weighted by Gasteiger charge is -2.15. The van der Waals surface area contributed by atoms with Crippen LogP contribution in [0.2, 0.25) is 19.1 Å². The molecule has 18 heavy (non-hydrogen) atoms. The summed E-state index contributed by atoms with van der Waals surface area (Å²) in [5, 5.41) is 0. The van der Waals surface area contributed by atoms with Crippen molar-refractivity contribution in [1.29, 1.82) is 0 Å². The van der Waals surface area contributed by atoms with Crippen LogP contribution >= 0.6 is 0 Å². The maximum absolute atomic E-state index is 4.53. The molecule has 0 unspecified atom stereocenters. The maximum atomic E-state index is 4.53. The molecule has 0 N–H and O–H groups in total. The van der Waals surface area contributed by atoms with E-state index in [-0.39, 0.29) is 0 Å². The van der Waals surface area contributed by atoms with Crippen LogP contribution in [0.3, 0.4) is 0 Å². The van der Waals surface area contributed by atoms with Crippen molar-refractivity contribution in [3.63, 3.8) is 0 Å². The van der Waals surface area contributed by atoms with E-state index in [2.05, 4.69) is 49.9 Å². The zero-order valence-electron chi connectivity index (χ0n) is 13.0. The summed E-state index contributed by atoms with van der Waals surface area (Å²) < 4.78 is 0. The lowest BCUT2D eigenvalue weighted by molar-refractivity contribution is 0.612. The maximum Gasteiger partial charge on any atom is 0.0716 e. The van der Waals surface area contributed by atoms with Crippen LogP contribution in [0.25, 0.3) is 0 Å². The van der Waals surface area contributed by atoms with Crippen molar-refractivity contribution in [3.8, 4) is 0 Å². The summed E-state index contributed by atoms with van der Waals surface area (Å²) in [6, 6.07) is 1.33. The second-order valence-electron chi connectivity index (χ2n) is 5.88. The number of unbranched alkanes of at least 4 members (excludes halogenated alkanes) is 5. The lowest BCUT2D eigenvalue weighted by atomic mass is 10.1. The quantitative estimate of drug-likeness (QED) is 0.261. The molecule has 0 rings (SSSR count). The van der Waals surface area contributed by atoms with Gasteiger partial charge >= 0.3 is 0 Å². The van der Waals surface area contributed by atoms with Gasteiger partial charge in [-0.15, -0.1) is 0 Å². The standard InChI is InChI=1S/C16H33NSi/c1-5-7-8-9-10-11-13-17-14-12-16-18(3,4)15-6-2/h6,14-15H,5,7-13,16H2,1-4H3. The normalized spacial score (nSPS) is 12.9. The zero-order chi connectivity index (χ0) is 13.7. The fourth-order valence-corrected chi connectivity index (χ4v) is 4.08. The third-order valence-electron chi connectivity index (χ3n) is 3.31. The Morgan fingerprint density at radius 2 is 1.67 bits per heavy atom. The Bertz CT molecular complexity index is 231. The Labute approximate surface area is 116 Å². The predicted molar refractivity (Wildman–Crippen MR) is 88.5 cm³/mol. The average Bonchev–Trinajstić information content (AvgIpc) is 2.31. The van der Waals surface area contributed by atoms with Crippen molar-refractivity contribution >= 4 is 14.3 Å². The van der Waals surface area contributed by atoms with E-state index in [1.54, 1.807) is 0 Å². The monoisotopic (exact) mass is 267 g/mol. The summed E-state index contributed by atoms with van der Waals surface area (Å²) in [5.41, 5.74) is 2.43. The molecule has 0 spiro atoms. The van der Waals surface area contributed by atoms with Gasteiger partial charge in [-0.25, -0.2) is 0 Å². The van der Waals surface area contributed by atoms with Gasteiger partial charge in [0.2, 0.25) is 0 Å². The summed E-state index contributed by atoms with van der Waals surface area (Å²) in [4.78, 5) is 4.53. The van der Waals surface area contributed by atoms with E-state index in [1.165, 1.54) is 51.0 Å². The SMILES string of the molecule is CC=C[Si](C)(C)CCC=NCCCCCCCC. The molecular weight excluding hydrogens is 234 g/mol. The van der Waals surface area contributed by atoms with Crippen LogP contribution in [0.1, 0.15) is 58.8 Å². The van der Waals surface area contributed by atoms with Crippen LogP contribution in [0.15, 0.2) is 16.8 Å². The van der Waals surface area contributed by atoms with Crippen LogP contribution < -0.4 is 0 Å². The van der Waals surface area contributed by atoms with Gasteiger partial charge in [0.25, 0.3) is 0 Å². The van der Waals surface area contributed by atoms with Crippen molar-refractivity contribution in [2.45, 2.75) is 77.9 Å². The van der Waals surface area contributed by atoms with E-state index in [0.717, 1.165) is 6.54 Å². The summed E-state index contributed by atoms with van der Waals surface area (Å²) in [7, 11) is -1.07. The third kappa shape index (κ3) is 12.1. The number of hydrogen-bond donors (Lipinski definition) is 0. The first-order valence-corrected chi connectivity index (χ1v) is 11.0. The number of rotatable bonds is 11. The van der Waals surface area contributed by atoms with E-state index in [9.17, 15) is 0 Å². The second-order valence-corrected chi connectivity index (χ2v) is 10.7. The van der Waals surface area contributed by atoms with E-state index >= 15 is 0 Å². The van der Waals surface area contributed by atoms with E-state index in [1.807, 2.05) is 0 Å². The summed E-state index contributed by atoms with van der Waals surface area (Å²) in [6.07, 6.45) is 13.7. The number of allylic oxidation sites excluding steroid dienone is 1. The molecular formula is C16H33NSi. The summed E-state index contributed by atoms with van der Waals surface area (Å²) in [5.74, 6) is 0. The Kier molecular flexibility index (Phi) is 11.5. The molecule has 0 aromatic rings. The number of nitrogens with zero attached hydrogens (tertiary/aromatic N) is 1. The number of hydrogen-bond acceptors (Lipinski definition) is 1. The predicted octanol–water partition coefficient (Wildman–Crippen LogP) is 5.63. The van der Waals surface area contributed by atoms with Gasteiger partial charge in [0.05, 0.1) is 8.07 Å². The van der Waals surface area contributed by atoms with Crippen molar-refractivity contribution in [3.05, 3.63) is 11.8 Å². The Hall–Kier alpha value is -0.373. The minimum atomic E-state index is -1.07. The Morgan fingerprint density at radius 1 is 1.00 bits per heavy atom. The molecule has 0 heterocycles. The van der Waals surface area contributed by atoms with Crippen LogP contribution in [0.4, 0.5) is 0 Å². The molecule has 0 aromatic heterocycles. The smallest absolute Gasteiger partial charge is 0.0716 e. The molecule has 0 radical (unpaired) electrons. The second kappa shape index (κ2) is 11.7. The van der Waals surface area contributed by atoms with Gasteiger partial charge in [-0.05, 0) is 32.0 Å². The van der Waals surface area contributed by atoms with Gasteiger partial charge in [-0.2, -0.15) is 0 Å². The Morgan fingerprint density at radius 3 is 2.33 bits per heavy atom. The highest BCUT2D eigenvalue weighted by atomic mass is 28.3. The molecule has 0 aliphatic rings. The molecule has 0 atom stereocenters. The van der Waals surface area contributed by atoms with Gasteiger partial charge < -0.3 is 0 Å². The van der Waals surface area contributed by atoms with Gasteiger partial charge in [-0.3, -0.25) is 4.99 Å². The minimum Gasteiger partial charge on any atom is -0.298 e. The molecule has 0 aliphatic heterocycles. The fourth-order valence-electron chi connectivity index (χ4n) is 2.14. The first kappa shape index (κ1) is 17.6. The first-order chi connectivity index (χ1) is 8.62. The first-order valence-electron chi connectivity index (χ1n) is 7.74. The van der Waals surface area contributed by atoms with Crippen molar-refractivity contribution < 1.29 is 0 Å². The van der Waals surface area contributed by atoms with E-state index < -0.39 is 8.07 Å². The number of aliphatic imine (C=N–C) groups is 1. The zero-order valence-corrected chi connectivity index (χ0v) is 14.0. The van der Waals surface area contributed by atoms with Crippen LogP contribution in [-0.4, -0.2) is 20.8 Å². The topological polar surface area (TPSA) is 12.4 Å². The lowest BCUT2D eigenvalue weighted by Crippen LogP contribution is -2.21. The average molecular weight is 268 g/mol. The minimum absolute atomic E-state index is 1.04. The molecule has 0 bridgehead atoms. The van der Waals surface area contributed by atoms with E-state index in [0.29, 0.717) is 0 Å². The highest BCUT2D eigenvalue weighted by Gasteiger charge is 2.14. The highest BCUT2D eigenvalue weighted by Crippen LogP contribution is 2.12. The molecule has 0 amide bonds. The Balaban J connectivity index is 3.38. The molecule has 106 valence electrons. The molecule has 0 fully saturated rings. The van der Waals surface area contributed by atoms with Crippen LogP contribution in [-0.2, 0) is 0 Å². The van der Waals surface area contributed by atoms with Gasteiger partial charge in [0.15, 0.2) is 0 Å². The van der Waals surface area contributed by atoms with Gasteiger partial charge in [-0.1, -0.05) is 63.9 Å². The molecule has 1 nitrogen and oxygen atoms in total. The van der Waals surface area contributed by atoms with E-state index in [4.69, 9.17) is 0 Å². The van der Waals surface area contributed by atoms with Crippen molar-refractivity contribution in [2.24, 2.45) is 4.99 Å². The fraction of sp³-hybridized carbons (Fsp3) is 0.812. The summed E-state index contributed by atoms with van der Waals surface area (Å²) >= 11 is 0. The summed E-state index contributed by atoms with van der Waals surface area (Å²) in [6.45, 7) is 10.3. The molecule has 2 heteroatoms. The van der Waals surface area contributed by atoms with Gasteiger partial charge in [0.1, 0.15) is 0 Å². The van der Waals surface area contributed by atoms with Crippen LogP contribution in [0, 0.1) is 0 Å². The van der Waals surface area contributed by atoms with Crippen molar-refractivity contribution in [2.75, 3.05) is 6.54 Å². The largest absolute Gasteiger partial charge is 0.298 e. The molecule has 0 aromatic carbocycles. The van der Waals surface area contributed by atoms with Crippen LogP contribution in [0.5, 0.6) is 0 Å². The van der Waals surface area contributed by atoms with Crippen molar-refractivity contribution in [1.82, 2.24) is 0 Å². The highest BCUT2D eigenvalue weighted by molar-refractivity contribution is 6.82. The molecule has 0 aliphatic carbocycles. The molecule has 0 saturated heterocycles.